The largest absolute Gasteiger partial charge is 0.449 e. The standard InChI is InChI=1S/C16H13Cl3N2O3S/c1-8(15(22)21-14-13(19)5-9(17)7-20-14)24-16(23)11-6-10(25-2)3-4-12(11)18/h3-8H,1-2H3,(H,20,21,22). The Morgan fingerprint density at radius 2 is 1.92 bits per heavy atom. The van der Waals surface area contributed by atoms with Crippen LogP contribution in [0.2, 0.25) is 15.1 Å². The number of carbonyl (C=O) groups excluding carboxylic acids is 2. The van der Waals surface area contributed by atoms with Crippen molar-refractivity contribution < 1.29 is 14.3 Å². The molecule has 132 valence electrons. The smallest absolute Gasteiger partial charge is 0.340 e. The Balaban J connectivity index is 2.06. The molecule has 5 nitrogen and oxygen atoms in total. The van der Waals surface area contributed by atoms with Crippen molar-refractivity contribution in [2.45, 2.75) is 17.9 Å². The van der Waals surface area contributed by atoms with Gasteiger partial charge in [0.05, 0.1) is 20.6 Å². The molecule has 0 saturated carbocycles. The topological polar surface area (TPSA) is 68.3 Å². The summed E-state index contributed by atoms with van der Waals surface area (Å²) in [5.74, 6) is -1.15. The number of thioether (sulfide) groups is 1. The third kappa shape index (κ3) is 5.25. The number of carbonyl (C=O) groups is 2. The lowest BCUT2D eigenvalue weighted by Crippen LogP contribution is -2.30. The summed E-state index contributed by atoms with van der Waals surface area (Å²) in [5, 5.41) is 3.24. The molecule has 0 fully saturated rings. The molecule has 1 aromatic carbocycles. The molecule has 0 saturated heterocycles. The van der Waals surface area contributed by atoms with Gasteiger partial charge in [-0.25, -0.2) is 9.78 Å². The summed E-state index contributed by atoms with van der Waals surface area (Å²) >= 11 is 19.2. The maximum atomic E-state index is 12.3. The van der Waals surface area contributed by atoms with Crippen LogP contribution >= 0.6 is 46.6 Å². The van der Waals surface area contributed by atoms with Crippen LogP contribution in [-0.4, -0.2) is 29.2 Å². The number of nitrogens with zero attached hydrogens (tertiary/aromatic N) is 1. The molecule has 0 aliphatic rings. The van der Waals surface area contributed by atoms with Crippen molar-refractivity contribution in [1.29, 1.82) is 0 Å². The molecular formula is C16H13Cl3N2O3S. The molecule has 1 aromatic heterocycles. The van der Waals surface area contributed by atoms with E-state index in [0.29, 0.717) is 5.02 Å². The molecule has 0 bridgehead atoms. The van der Waals surface area contributed by atoms with Crippen molar-refractivity contribution >= 4 is 64.3 Å². The molecule has 1 heterocycles. The monoisotopic (exact) mass is 418 g/mol. The Morgan fingerprint density at radius 3 is 2.56 bits per heavy atom. The summed E-state index contributed by atoms with van der Waals surface area (Å²) in [7, 11) is 0. The van der Waals surface area contributed by atoms with Gasteiger partial charge in [-0.05, 0) is 37.4 Å². The normalized spacial score (nSPS) is 11.7. The van der Waals surface area contributed by atoms with Crippen LogP contribution in [0.3, 0.4) is 0 Å². The fourth-order valence-corrected chi connectivity index (χ4v) is 2.85. The van der Waals surface area contributed by atoms with E-state index in [4.69, 9.17) is 39.5 Å². The Bertz CT molecular complexity index is 817. The number of nitrogens with one attached hydrogen (secondary N) is 1. The maximum absolute atomic E-state index is 12.3. The number of ether oxygens (including phenoxy) is 1. The van der Waals surface area contributed by atoms with Gasteiger partial charge in [0.25, 0.3) is 5.91 Å². The lowest BCUT2D eigenvalue weighted by molar-refractivity contribution is -0.123. The second kappa shape index (κ2) is 8.76. The van der Waals surface area contributed by atoms with E-state index in [9.17, 15) is 9.59 Å². The summed E-state index contributed by atoms with van der Waals surface area (Å²) in [4.78, 5) is 29.2. The number of pyridine rings is 1. The molecule has 25 heavy (non-hydrogen) atoms. The quantitative estimate of drug-likeness (QED) is 0.548. The van der Waals surface area contributed by atoms with Crippen molar-refractivity contribution in [2.24, 2.45) is 0 Å². The van der Waals surface area contributed by atoms with Gasteiger partial charge in [-0.1, -0.05) is 34.8 Å². The summed E-state index contributed by atoms with van der Waals surface area (Å²) < 4.78 is 5.17. The first-order valence-electron chi connectivity index (χ1n) is 6.98. The number of hydrogen-bond donors (Lipinski definition) is 1. The predicted molar refractivity (Wildman–Crippen MR) is 101 cm³/mol. The highest BCUT2D eigenvalue weighted by Gasteiger charge is 2.22. The van der Waals surface area contributed by atoms with Crippen LogP contribution in [0.1, 0.15) is 17.3 Å². The van der Waals surface area contributed by atoms with Gasteiger partial charge in [-0.15, -0.1) is 11.8 Å². The zero-order valence-electron chi connectivity index (χ0n) is 13.2. The number of halogens is 3. The Morgan fingerprint density at radius 1 is 1.20 bits per heavy atom. The predicted octanol–water partition coefficient (Wildman–Crippen LogP) is 4.95. The fourth-order valence-electron chi connectivity index (χ4n) is 1.79. The number of benzene rings is 1. The lowest BCUT2D eigenvalue weighted by atomic mass is 10.2. The van der Waals surface area contributed by atoms with Crippen molar-refractivity contribution in [3.63, 3.8) is 0 Å². The van der Waals surface area contributed by atoms with Crippen LogP contribution in [0.5, 0.6) is 0 Å². The van der Waals surface area contributed by atoms with Gasteiger partial charge in [0.2, 0.25) is 0 Å². The van der Waals surface area contributed by atoms with Crippen molar-refractivity contribution in [3.05, 3.63) is 51.1 Å². The number of hydrogen-bond acceptors (Lipinski definition) is 5. The first-order valence-corrected chi connectivity index (χ1v) is 9.34. The Hall–Kier alpha value is -1.47. The van der Waals surface area contributed by atoms with Crippen LogP contribution in [-0.2, 0) is 9.53 Å². The van der Waals surface area contributed by atoms with Crippen LogP contribution in [0.4, 0.5) is 5.82 Å². The molecule has 2 aromatic rings. The van der Waals surface area contributed by atoms with E-state index in [2.05, 4.69) is 10.3 Å². The number of anilines is 1. The maximum Gasteiger partial charge on any atom is 0.340 e. The van der Waals surface area contributed by atoms with E-state index < -0.39 is 18.0 Å². The van der Waals surface area contributed by atoms with Crippen LogP contribution < -0.4 is 5.32 Å². The molecule has 1 atom stereocenters. The van der Waals surface area contributed by atoms with Gasteiger partial charge >= 0.3 is 5.97 Å². The van der Waals surface area contributed by atoms with Crippen molar-refractivity contribution in [3.8, 4) is 0 Å². The molecule has 0 aliphatic heterocycles. The van der Waals surface area contributed by atoms with E-state index in [0.717, 1.165) is 4.90 Å². The number of amides is 1. The van der Waals surface area contributed by atoms with Crippen molar-refractivity contribution in [2.75, 3.05) is 11.6 Å². The second-order valence-electron chi connectivity index (χ2n) is 4.87. The van der Waals surface area contributed by atoms with E-state index >= 15 is 0 Å². The van der Waals surface area contributed by atoms with Gasteiger partial charge in [0, 0.05) is 11.1 Å². The molecule has 0 spiro atoms. The van der Waals surface area contributed by atoms with Gasteiger partial charge < -0.3 is 10.1 Å². The average Bonchev–Trinajstić information content (AvgIpc) is 2.57. The first kappa shape index (κ1) is 19.8. The Labute approximate surface area is 164 Å². The second-order valence-corrected chi connectivity index (χ2v) is 7.00. The lowest BCUT2D eigenvalue weighted by Gasteiger charge is -2.14. The SMILES string of the molecule is CSc1ccc(Cl)c(C(=O)OC(C)C(=O)Nc2ncc(Cl)cc2Cl)c1. The fraction of sp³-hybridized carbons (Fsp3) is 0.188. The highest BCUT2D eigenvalue weighted by atomic mass is 35.5. The summed E-state index contributed by atoms with van der Waals surface area (Å²) in [6.45, 7) is 1.43. The van der Waals surface area contributed by atoms with Crippen LogP contribution in [0.15, 0.2) is 35.4 Å². The molecular weight excluding hydrogens is 407 g/mol. The van der Waals surface area contributed by atoms with Gasteiger partial charge in [0.1, 0.15) is 0 Å². The summed E-state index contributed by atoms with van der Waals surface area (Å²) in [6, 6.07) is 6.44. The molecule has 0 aliphatic carbocycles. The molecule has 9 heteroatoms. The average molecular weight is 420 g/mol. The van der Waals surface area contributed by atoms with E-state index in [1.165, 1.54) is 30.9 Å². The third-order valence-electron chi connectivity index (χ3n) is 3.10. The zero-order chi connectivity index (χ0) is 18.6. The molecule has 1 amide bonds. The van der Waals surface area contributed by atoms with Crippen LogP contribution in [0.25, 0.3) is 0 Å². The van der Waals surface area contributed by atoms with Crippen LogP contribution in [0, 0.1) is 0 Å². The zero-order valence-corrected chi connectivity index (χ0v) is 16.3. The van der Waals surface area contributed by atoms with E-state index in [-0.39, 0.29) is 21.4 Å². The van der Waals surface area contributed by atoms with E-state index in [1.807, 2.05) is 6.26 Å². The molecule has 2 rings (SSSR count). The van der Waals surface area contributed by atoms with Gasteiger partial charge in [-0.3, -0.25) is 4.79 Å². The van der Waals surface area contributed by atoms with Crippen molar-refractivity contribution in [1.82, 2.24) is 4.98 Å². The molecule has 1 N–H and O–H groups in total. The van der Waals surface area contributed by atoms with Gasteiger partial charge in [0.15, 0.2) is 11.9 Å². The summed E-state index contributed by atoms with van der Waals surface area (Å²) in [6.07, 6.45) is 2.14. The molecule has 0 radical (unpaired) electrons. The van der Waals surface area contributed by atoms with Gasteiger partial charge in [-0.2, -0.15) is 0 Å². The minimum absolute atomic E-state index is 0.126. The number of aromatic nitrogens is 1. The minimum Gasteiger partial charge on any atom is -0.449 e. The minimum atomic E-state index is -1.07. The number of esters is 1. The first-order chi connectivity index (χ1) is 11.8. The third-order valence-corrected chi connectivity index (χ3v) is 4.65. The summed E-state index contributed by atoms with van der Waals surface area (Å²) in [5.41, 5.74) is 0.191. The number of rotatable bonds is 5. The van der Waals surface area contributed by atoms with E-state index in [1.54, 1.807) is 18.2 Å². The molecule has 1 unspecified atom stereocenters. The highest BCUT2D eigenvalue weighted by Crippen LogP contribution is 2.25. The highest BCUT2D eigenvalue weighted by molar-refractivity contribution is 7.98. The Kier molecular flexibility index (Phi) is 6.95.